The molecule has 12 heteroatoms. The second-order valence-electron chi connectivity index (χ2n) is 10.8. The van der Waals surface area contributed by atoms with Crippen LogP contribution in [0.2, 0.25) is 0 Å². The topological polar surface area (TPSA) is 117 Å². The molecular weight excluding hydrogens is 504 g/mol. The van der Waals surface area contributed by atoms with Crippen molar-refractivity contribution in [3.63, 3.8) is 0 Å². The number of anilines is 2. The first-order valence-electron chi connectivity index (χ1n) is 13.5. The Morgan fingerprint density at radius 2 is 1.97 bits per heavy atom. The molecule has 0 unspecified atom stereocenters. The van der Waals surface area contributed by atoms with Gasteiger partial charge in [-0.2, -0.15) is 9.97 Å². The van der Waals surface area contributed by atoms with Gasteiger partial charge in [-0.15, -0.1) is 0 Å². The number of aromatic amines is 1. The number of hydrogen-bond acceptors (Lipinski definition) is 7. The van der Waals surface area contributed by atoms with Crippen LogP contribution in [0.1, 0.15) is 51.3 Å². The van der Waals surface area contributed by atoms with Gasteiger partial charge in [0, 0.05) is 43.4 Å². The SMILES string of the molecule is CNc1nc(NC2CCC(C)(N3CCCC3=O)CC2)nc2[nH]cc(-c3ccc4nc(C)n(CC(F)F)c4n3)c12. The van der Waals surface area contributed by atoms with Gasteiger partial charge < -0.3 is 25.1 Å². The van der Waals surface area contributed by atoms with Crippen LogP contribution in [0.15, 0.2) is 18.3 Å². The van der Waals surface area contributed by atoms with E-state index >= 15 is 0 Å². The zero-order valence-corrected chi connectivity index (χ0v) is 22.4. The molecule has 0 bridgehead atoms. The summed E-state index contributed by atoms with van der Waals surface area (Å²) in [7, 11) is 1.80. The van der Waals surface area contributed by atoms with Gasteiger partial charge >= 0.3 is 0 Å². The van der Waals surface area contributed by atoms with Crippen LogP contribution < -0.4 is 10.6 Å². The van der Waals surface area contributed by atoms with Gasteiger partial charge in [0.1, 0.15) is 22.8 Å². The number of pyridine rings is 1. The molecule has 1 saturated heterocycles. The van der Waals surface area contributed by atoms with Crippen molar-refractivity contribution < 1.29 is 13.6 Å². The molecule has 4 aromatic rings. The van der Waals surface area contributed by atoms with Crippen molar-refractivity contribution in [2.75, 3.05) is 24.2 Å². The maximum atomic E-state index is 13.2. The third-order valence-corrected chi connectivity index (χ3v) is 8.27. The molecule has 1 aliphatic carbocycles. The first-order valence-corrected chi connectivity index (χ1v) is 13.5. The molecular formula is C27H33F2N9O. The molecule has 2 aliphatic rings. The molecule has 0 aromatic carbocycles. The van der Waals surface area contributed by atoms with Gasteiger partial charge in [0.05, 0.1) is 17.6 Å². The molecule has 0 spiro atoms. The summed E-state index contributed by atoms with van der Waals surface area (Å²) in [5.41, 5.74) is 2.96. The Labute approximate surface area is 224 Å². The summed E-state index contributed by atoms with van der Waals surface area (Å²) >= 11 is 0. The van der Waals surface area contributed by atoms with Gasteiger partial charge in [-0.25, -0.2) is 18.7 Å². The number of rotatable bonds is 7. The minimum Gasteiger partial charge on any atom is -0.372 e. The third-order valence-electron chi connectivity index (χ3n) is 8.27. The standard InChI is InChI=1S/C27H33F2N9O/c1-15-32-19-7-6-18(34-25(19)37(15)14-20(28)29)17-13-31-24-22(17)23(30-3)35-26(36-24)33-16-8-10-27(2,11-9-16)38-12-4-5-21(38)39/h6-7,13,16,20H,4-5,8-12,14H2,1-3H3,(H3,30,31,33,35,36). The summed E-state index contributed by atoms with van der Waals surface area (Å²) in [4.78, 5) is 36.2. The number of carbonyl (C=O) groups excluding carboxylic acids is 1. The molecule has 39 heavy (non-hydrogen) atoms. The maximum absolute atomic E-state index is 13.2. The molecule has 5 heterocycles. The highest BCUT2D eigenvalue weighted by Crippen LogP contribution is 2.38. The number of aryl methyl sites for hydroxylation is 1. The van der Waals surface area contributed by atoms with E-state index < -0.39 is 13.0 Å². The van der Waals surface area contributed by atoms with Crippen LogP contribution in [-0.2, 0) is 11.3 Å². The Kier molecular flexibility index (Phi) is 6.35. The van der Waals surface area contributed by atoms with E-state index in [1.165, 1.54) is 4.57 Å². The van der Waals surface area contributed by atoms with Gasteiger partial charge in [0.25, 0.3) is 6.43 Å². The number of H-pyrrole nitrogens is 1. The highest BCUT2D eigenvalue weighted by Gasteiger charge is 2.40. The number of likely N-dealkylation sites (tertiary alicyclic amines) is 1. The number of carbonyl (C=O) groups is 1. The monoisotopic (exact) mass is 537 g/mol. The lowest BCUT2D eigenvalue weighted by Crippen LogP contribution is -2.50. The summed E-state index contributed by atoms with van der Waals surface area (Å²) < 4.78 is 27.8. The third kappa shape index (κ3) is 4.55. The molecule has 4 aromatic heterocycles. The van der Waals surface area contributed by atoms with Crippen molar-refractivity contribution in [2.45, 2.75) is 76.9 Å². The first-order chi connectivity index (χ1) is 18.8. The maximum Gasteiger partial charge on any atom is 0.256 e. The van der Waals surface area contributed by atoms with Crippen LogP contribution in [0.25, 0.3) is 33.5 Å². The van der Waals surface area contributed by atoms with Crippen molar-refractivity contribution in [1.29, 1.82) is 0 Å². The summed E-state index contributed by atoms with van der Waals surface area (Å²) in [5.74, 6) is 1.95. The smallest absolute Gasteiger partial charge is 0.256 e. The van der Waals surface area contributed by atoms with Gasteiger partial charge in [-0.3, -0.25) is 4.79 Å². The molecule has 6 rings (SSSR count). The zero-order chi connectivity index (χ0) is 27.3. The normalized spacial score (nSPS) is 21.9. The Hall–Kier alpha value is -3.83. The number of imidazole rings is 1. The minimum atomic E-state index is -2.50. The number of hydrogen-bond donors (Lipinski definition) is 3. The zero-order valence-electron chi connectivity index (χ0n) is 22.4. The Morgan fingerprint density at radius 3 is 2.67 bits per heavy atom. The highest BCUT2D eigenvalue weighted by atomic mass is 19.3. The van der Waals surface area contributed by atoms with Crippen molar-refractivity contribution >= 4 is 39.9 Å². The average Bonchev–Trinajstić information content (AvgIpc) is 3.62. The molecule has 206 valence electrons. The van der Waals surface area contributed by atoms with Gasteiger partial charge in [0.2, 0.25) is 11.9 Å². The van der Waals surface area contributed by atoms with Crippen LogP contribution in [0.4, 0.5) is 20.5 Å². The van der Waals surface area contributed by atoms with Crippen LogP contribution in [-0.4, -0.2) is 71.9 Å². The Bertz CT molecular complexity index is 1540. The second-order valence-corrected chi connectivity index (χ2v) is 10.8. The fraction of sp³-hybridized carbons (Fsp3) is 0.519. The van der Waals surface area contributed by atoms with Crippen molar-refractivity contribution in [1.82, 2.24) is 34.4 Å². The van der Waals surface area contributed by atoms with Crippen LogP contribution in [0.5, 0.6) is 0 Å². The number of nitrogens with one attached hydrogen (secondary N) is 3. The van der Waals surface area contributed by atoms with Gasteiger partial charge in [0.15, 0.2) is 5.65 Å². The minimum absolute atomic E-state index is 0.0710. The molecule has 1 aliphatic heterocycles. The summed E-state index contributed by atoms with van der Waals surface area (Å²) in [5, 5.41) is 7.46. The van der Waals surface area contributed by atoms with E-state index in [1.807, 2.05) is 12.3 Å². The lowest BCUT2D eigenvalue weighted by molar-refractivity contribution is -0.133. The van der Waals surface area contributed by atoms with Crippen molar-refractivity contribution in [3.8, 4) is 11.3 Å². The van der Waals surface area contributed by atoms with Crippen LogP contribution in [0.3, 0.4) is 0 Å². The number of alkyl halides is 2. The van der Waals surface area contributed by atoms with E-state index in [4.69, 9.17) is 15.0 Å². The largest absolute Gasteiger partial charge is 0.372 e. The lowest BCUT2D eigenvalue weighted by atomic mass is 9.79. The van der Waals surface area contributed by atoms with E-state index in [0.29, 0.717) is 46.5 Å². The molecule has 1 amide bonds. The second kappa shape index (κ2) is 9.73. The number of nitrogens with zero attached hydrogens (tertiary/aromatic N) is 6. The van der Waals surface area contributed by atoms with E-state index in [2.05, 4.69) is 32.4 Å². The lowest BCUT2D eigenvalue weighted by Gasteiger charge is -2.44. The highest BCUT2D eigenvalue weighted by molar-refractivity contribution is 6.01. The molecule has 2 fully saturated rings. The number of halogens is 2. The van der Waals surface area contributed by atoms with Crippen molar-refractivity contribution in [3.05, 3.63) is 24.2 Å². The molecule has 1 saturated carbocycles. The van der Waals surface area contributed by atoms with Gasteiger partial charge in [-0.05, 0) is 58.1 Å². The number of amides is 1. The van der Waals surface area contributed by atoms with Crippen molar-refractivity contribution in [2.24, 2.45) is 0 Å². The summed E-state index contributed by atoms with van der Waals surface area (Å²) in [6.07, 6.45) is 4.69. The van der Waals surface area contributed by atoms with Gasteiger partial charge in [-0.1, -0.05) is 0 Å². The summed E-state index contributed by atoms with van der Waals surface area (Å²) in [6, 6.07) is 3.85. The number of fused-ring (bicyclic) bond motifs is 2. The van der Waals surface area contributed by atoms with E-state index in [1.54, 1.807) is 20.0 Å². The van der Waals surface area contributed by atoms with E-state index in [-0.39, 0.29) is 17.5 Å². The predicted octanol–water partition coefficient (Wildman–Crippen LogP) is 4.72. The first kappa shape index (κ1) is 25.4. The number of aromatic nitrogens is 6. The molecule has 10 nitrogen and oxygen atoms in total. The quantitative estimate of drug-likeness (QED) is 0.312. The Balaban J connectivity index is 1.26. The average molecular weight is 538 g/mol. The van der Waals surface area contributed by atoms with Crippen LogP contribution in [0, 0.1) is 6.92 Å². The Morgan fingerprint density at radius 1 is 1.18 bits per heavy atom. The van der Waals surface area contributed by atoms with Crippen LogP contribution >= 0.6 is 0 Å². The fourth-order valence-corrected chi connectivity index (χ4v) is 6.16. The molecule has 3 N–H and O–H groups in total. The van der Waals surface area contributed by atoms with E-state index in [9.17, 15) is 13.6 Å². The summed E-state index contributed by atoms with van der Waals surface area (Å²) in [6.45, 7) is 4.32. The fourth-order valence-electron chi connectivity index (χ4n) is 6.16. The van der Waals surface area contributed by atoms with E-state index in [0.717, 1.165) is 49.6 Å². The molecule has 0 radical (unpaired) electrons. The predicted molar refractivity (Wildman–Crippen MR) is 146 cm³/mol. The molecule has 0 atom stereocenters.